The summed E-state index contributed by atoms with van der Waals surface area (Å²) in [6.07, 6.45) is 4.99. The van der Waals surface area contributed by atoms with Gasteiger partial charge in [0.15, 0.2) is 0 Å². The number of hydrogen-bond acceptors (Lipinski definition) is 3. The summed E-state index contributed by atoms with van der Waals surface area (Å²) in [5, 5.41) is 4.63. The summed E-state index contributed by atoms with van der Waals surface area (Å²) < 4.78 is 5.25. The number of fused-ring (bicyclic) bond motifs is 1. The highest BCUT2D eigenvalue weighted by Crippen LogP contribution is 2.24. The molecule has 0 radical (unpaired) electrons. The van der Waals surface area contributed by atoms with Crippen LogP contribution in [-0.4, -0.2) is 25.2 Å². The zero-order chi connectivity index (χ0) is 13.8. The number of para-hydroxylation sites is 1. The summed E-state index contributed by atoms with van der Waals surface area (Å²) in [4.78, 5) is 4.62. The van der Waals surface area contributed by atoms with Crippen LogP contribution in [0.4, 0.5) is 0 Å². The zero-order valence-corrected chi connectivity index (χ0v) is 12.1. The zero-order valence-electron chi connectivity index (χ0n) is 12.1. The third kappa shape index (κ3) is 2.93. The fourth-order valence-corrected chi connectivity index (χ4v) is 3.04. The third-order valence-electron chi connectivity index (χ3n) is 4.27. The van der Waals surface area contributed by atoms with Gasteiger partial charge in [0.2, 0.25) is 5.88 Å². The summed E-state index contributed by atoms with van der Waals surface area (Å²) in [6.45, 7) is 2.35. The van der Waals surface area contributed by atoms with E-state index >= 15 is 0 Å². The molecular formula is C17H22N2O. The first kappa shape index (κ1) is 13.4. The maximum atomic E-state index is 5.25. The van der Waals surface area contributed by atoms with Crippen LogP contribution in [0.5, 0.6) is 5.88 Å². The molecule has 0 spiro atoms. The minimum Gasteiger partial charge on any atom is -0.481 e. The van der Waals surface area contributed by atoms with Crippen LogP contribution >= 0.6 is 0 Å². The second-order valence-corrected chi connectivity index (χ2v) is 5.57. The Hall–Kier alpha value is -1.61. The molecule has 2 aromatic rings. The number of pyridine rings is 1. The van der Waals surface area contributed by atoms with Crippen molar-refractivity contribution in [2.45, 2.75) is 25.7 Å². The fraction of sp³-hybridized carbons (Fsp3) is 0.471. The summed E-state index contributed by atoms with van der Waals surface area (Å²) in [5.41, 5.74) is 2.45. The fourth-order valence-electron chi connectivity index (χ4n) is 3.04. The first-order valence-electron chi connectivity index (χ1n) is 7.50. The van der Waals surface area contributed by atoms with Crippen molar-refractivity contribution in [3.8, 4) is 5.88 Å². The van der Waals surface area contributed by atoms with Crippen molar-refractivity contribution >= 4 is 10.9 Å². The molecule has 0 aliphatic carbocycles. The number of nitrogens with one attached hydrogen (secondary N) is 1. The van der Waals surface area contributed by atoms with Crippen LogP contribution in [-0.2, 0) is 6.42 Å². The number of piperidine rings is 1. The van der Waals surface area contributed by atoms with Gasteiger partial charge in [-0.2, -0.15) is 0 Å². The van der Waals surface area contributed by atoms with Gasteiger partial charge in [-0.3, -0.25) is 0 Å². The lowest BCUT2D eigenvalue weighted by atomic mass is 9.91. The van der Waals surface area contributed by atoms with Gasteiger partial charge >= 0.3 is 0 Å². The van der Waals surface area contributed by atoms with Gasteiger partial charge in [0, 0.05) is 11.5 Å². The molecule has 1 aromatic heterocycles. The van der Waals surface area contributed by atoms with E-state index in [0.717, 1.165) is 17.9 Å². The molecule has 1 aromatic carbocycles. The number of rotatable bonds is 4. The Balaban J connectivity index is 1.79. The molecule has 0 saturated carbocycles. The number of aromatic nitrogens is 1. The molecule has 0 bridgehead atoms. The predicted octanol–water partition coefficient (Wildman–Crippen LogP) is 3.18. The van der Waals surface area contributed by atoms with Crippen molar-refractivity contribution in [2.75, 3.05) is 20.2 Å². The van der Waals surface area contributed by atoms with Gasteiger partial charge in [-0.1, -0.05) is 18.2 Å². The Bertz CT molecular complexity index is 576. The lowest BCUT2D eigenvalue weighted by Crippen LogP contribution is -2.27. The van der Waals surface area contributed by atoms with Crippen molar-refractivity contribution in [2.24, 2.45) is 5.92 Å². The third-order valence-corrected chi connectivity index (χ3v) is 4.27. The Morgan fingerprint density at radius 2 is 2.05 bits per heavy atom. The van der Waals surface area contributed by atoms with Crippen LogP contribution in [0.3, 0.4) is 0 Å². The molecule has 1 aliphatic rings. The van der Waals surface area contributed by atoms with E-state index in [0.29, 0.717) is 5.88 Å². The van der Waals surface area contributed by atoms with E-state index in [1.807, 2.05) is 6.07 Å². The smallest absolute Gasteiger partial charge is 0.213 e. The average molecular weight is 270 g/mol. The molecule has 1 saturated heterocycles. The molecule has 106 valence electrons. The molecule has 2 heterocycles. The topological polar surface area (TPSA) is 34.1 Å². The average Bonchev–Trinajstić information content (AvgIpc) is 2.53. The molecule has 3 rings (SSSR count). The van der Waals surface area contributed by atoms with Gasteiger partial charge in [-0.15, -0.1) is 0 Å². The maximum Gasteiger partial charge on any atom is 0.213 e. The first-order valence-corrected chi connectivity index (χ1v) is 7.50. The highest BCUT2D eigenvalue weighted by Gasteiger charge is 2.13. The van der Waals surface area contributed by atoms with E-state index in [9.17, 15) is 0 Å². The van der Waals surface area contributed by atoms with Crippen molar-refractivity contribution in [1.29, 1.82) is 0 Å². The van der Waals surface area contributed by atoms with E-state index in [-0.39, 0.29) is 0 Å². The number of hydrogen-bond donors (Lipinski definition) is 1. The van der Waals surface area contributed by atoms with Crippen LogP contribution in [0.2, 0.25) is 0 Å². The summed E-state index contributed by atoms with van der Waals surface area (Å²) in [5.74, 6) is 1.56. The Labute approximate surface area is 120 Å². The molecule has 1 aliphatic heterocycles. The lowest BCUT2D eigenvalue weighted by Gasteiger charge is -2.22. The van der Waals surface area contributed by atoms with Crippen molar-refractivity contribution in [3.63, 3.8) is 0 Å². The monoisotopic (exact) mass is 270 g/mol. The first-order chi connectivity index (χ1) is 9.86. The molecule has 1 N–H and O–H groups in total. The minimum absolute atomic E-state index is 0.701. The molecule has 0 unspecified atom stereocenters. The second kappa shape index (κ2) is 6.23. The van der Waals surface area contributed by atoms with Crippen molar-refractivity contribution in [3.05, 3.63) is 35.9 Å². The number of ether oxygens (including phenoxy) is 1. The van der Waals surface area contributed by atoms with Crippen molar-refractivity contribution < 1.29 is 4.74 Å². The number of aryl methyl sites for hydroxylation is 1. The Morgan fingerprint density at radius 1 is 1.20 bits per heavy atom. The molecule has 0 amide bonds. The van der Waals surface area contributed by atoms with E-state index in [1.165, 1.54) is 43.3 Å². The molecule has 0 atom stereocenters. The Kier molecular flexibility index (Phi) is 4.16. The van der Waals surface area contributed by atoms with Gasteiger partial charge in [0.1, 0.15) is 0 Å². The molecule has 20 heavy (non-hydrogen) atoms. The van der Waals surface area contributed by atoms with E-state index in [1.54, 1.807) is 7.11 Å². The Morgan fingerprint density at radius 3 is 2.85 bits per heavy atom. The molecule has 3 heteroatoms. The van der Waals surface area contributed by atoms with Gasteiger partial charge in [-0.05, 0) is 56.3 Å². The SMILES string of the molecule is COc1ccc2cccc(CCC3CCNCC3)c2n1. The standard InChI is InChI=1S/C17H22N2O/c1-20-16-8-7-15-4-2-3-14(17(15)19-16)6-5-13-9-11-18-12-10-13/h2-4,7-8,13,18H,5-6,9-12H2,1H3. The van der Waals surface area contributed by atoms with Crippen molar-refractivity contribution in [1.82, 2.24) is 10.3 Å². The quantitative estimate of drug-likeness (QED) is 0.926. The van der Waals surface area contributed by atoms with Crippen LogP contribution in [0.15, 0.2) is 30.3 Å². The molecular weight excluding hydrogens is 248 g/mol. The summed E-state index contributed by atoms with van der Waals surface area (Å²) >= 11 is 0. The highest BCUT2D eigenvalue weighted by molar-refractivity contribution is 5.82. The normalized spacial score (nSPS) is 16.4. The highest BCUT2D eigenvalue weighted by atomic mass is 16.5. The predicted molar refractivity (Wildman–Crippen MR) is 82.2 cm³/mol. The van der Waals surface area contributed by atoms with Crippen LogP contribution in [0.25, 0.3) is 10.9 Å². The van der Waals surface area contributed by atoms with Crippen LogP contribution in [0, 0.1) is 5.92 Å². The van der Waals surface area contributed by atoms with Gasteiger partial charge in [-0.25, -0.2) is 4.98 Å². The number of nitrogens with zero attached hydrogens (tertiary/aromatic N) is 1. The maximum absolute atomic E-state index is 5.25. The molecule has 3 nitrogen and oxygen atoms in total. The van der Waals surface area contributed by atoms with E-state index < -0.39 is 0 Å². The van der Waals surface area contributed by atoms with Crippen LogP contribution < -0.4 is 10.1 Å². The minimum atomic E-state index is 0.701. The van der Waals surface area contributed by atoms with Crippen LogP contribution in [0.1, 0.15) is 24.8 Å². The number of benzene rings is 1. The summed E-state index contributed by atoms with van der Waals surface area (Å²) in [7, 11) is 1.67. The molecule has 1 fully saturated rings. The second-order valence-electron chi connectivity index (χ2n) is 5.57. The van der Waals surface area contributed by atoms with E-state index in [2.05, 4.69) is 34.6 Å². The van der Waals surface area contributed by atoms with Gasteiger partial charge in [0.05, 0.1) is 12.6 Å². The van der Waals surface area contributed by atoms with Gasteiger partial charge in [0.25, 0.3) is 0 Å². The lowest BCUT2D eigenvalue weighted by molar-refractivity contribution is 0.354. The van der Waals surface area contributed by atoms with Gasteiger partial charge < -0.3 is 10.1 Å². The largest absolute Gasteiger partial charge is 0.481 e. The number of methoxy groups -OCH3 is 1. The summed E-state index contributed by atoms with van der Waals surface area (Å²) in [6, 6.07) is 10.5. The van der Waals surface area contributed by atoms with E-state index in [4.69, 9.17) is 4.74 Å².